The van der Waals surface area contributed by atoms with Crippen LogP contribution in [0.25, 0.3) is 6.08 Å². The van der Waals surface area contributed by atoms with Gasteiger partial charge >= 0.3 is 5.97 Å². The molecule has 4 heteroatoms. The molecule has 0 aliphatic carbocycles. The van der Waals surface area contributed by atoms with E-state index in [2.05, 4.69) is 15.9 Å². The first-order valence-corrected chi connectivity index (χ1v) is 5.93. The number of ether oxygens (including phenoxy) is 1. The van der Waals surface area contributed by atoms with E-state index >= 15 is 0 Å². The van der Waals surface area contributed by atoms with Crippen molar-refractivity contribution in [3.63, 3.8) is 0 Å². The van der Waals surface area contributed by atoms with Crippen LogP contribution in [-0.4, -0.2) is 11.6 Å². The fourth-order valence-corrected chi connectivity index (χ4v) is 1.46. The first-order chi connectivity index (χ1) is 7.78. The summed E-state index contributed by atoms with van der Waals surface area (Å²) in [6.07, 6.45) is 2.62. The van der Waals surface area contributed by atoms with Gasteiger partial charge in [-0.15, -0.1) is 0 Å². The molecule has 92 valence electrons. The standard InChI is InChI=1S/C13H14BrFO2/c1-13(2,3)17-12(16)7-5-9-4-6-10(14)8-11(9)15/h4-8H,1-3H3/b7-5+. The van der Waals surface area contributed by atoms with E-state index in [9.17, 15) is 9.18 Å². The van der Waals surface area contributed by atoms with Gasteiger partial charge < -0.3 is 4.74 Å². The number of hydrogen-bond acceptors (Lipinski definition) is 2. The Morgan fingerprint density at radius 3 is 2.59 bits per heavy atom. The molecular weight excluding hydrogens is 287 g/mol. The number of hydrogen-bond donors (Lipinski definition) is 0. The zero-order valence-electron chi connectivity index (χ0n) is 9.96. The lowest BCUT2D eigenvalue weighted by Gasteiger charge is -2.17. The predicted molar refractivity (Wildman–Crippen MR) is 69.0 cm³/mol. The third-order valence-electron chi connectivity index (χ3n) is 1.77. The SMILES string of the molecule is CC(C)(C)OC(=O)/C=C/c1ccc(Br)cc1F. The van der Waals surface area contributed by atoms with E-state index in [1.165, 1.54) is 18.2 Å². The monoisotopic (exact) mass is 300 g/mol. The topological polar surface area (TPSA) is 26.3 Å². The molecule has 2 nitrogen and oxygen atoms in total. The maximum Gasteiger partial charge on any atom is 0.331 e. The number of carbonyl (C=O) groups is 1. The van der Waals surface area contributed by atoms with E-state index in [-0.39, 0.29) is 5.82 Å². The van der Waals surface area contributed by atoms with Crippen LogP contribution >= 0.6 is 15.9 Å². The molecule has 1 rings (SSSR count). The molecule has 1 aromatic carbocycles. The smallest absolute Gasteiger partial charge is 0.331 e. The molecule has 0 atom stereocenters. The van der Waals surface area contributed by atoms with Crippen LogP contribution in [0.4, 0.5) is 4.39 Å². The second-order valence-electron chi connectivity index (χ2n) is 4.53. The van der Waals surface area contributed by atoms with Crippen molar-refractivity contribution in [1.82, 2.24) is 0 Å². The molecular formula is C13H14BrFO2. The number of esters is 1. The van der Waals surface area contributed by atoms with Crippen molar-refractivity contribution in [3.05, 3.63) is 40.1 Å². The first kappa shape index (κ1) is 13.9. The summed E-state index contributed by atoms with van der Waals surface area (Å²) in [5.74, 6) is -0.876. The summed E-state index contributed by atoms with van der Waals surface area (Å²) in [5, 5.41) is 0. The molecule has 0 saturated heterocycles. The van der Waals surface area contributed by atoms with E-state index in [1.54, 1.807) is 32.9 Å². The van der Waals surface area contributed by atoms with Crippen molar-refractivity contribution < 1.29 is 13.9 Å². The second kappa shape index (κ2) is 5.45. The highest BCUT2D eigenvalue weighted by Gasteiger charge is 2.13. The molecule has 0 N–H and O–H groups in total. The largest absolute Gasteiger partial charge is 0.457 e. The summed E-state index contributed by atoms with van der Waals surface area (Å²) in [5.41, 5.74) is -0.196. The van der Waals surface area contributed by atoms with Gasteiger partial charge in [-0.05, 0) is 39.0 Å². The third-order valence-corrected chi connectivity index (χ3v) is 2.26. The van der Waals surface area contributed by atoms with Crippen LogP contribution in [0.5, 0.6) is 0 Å². The van der Waals surface area contributed by atoms with Gasteiger partial charge in [0.25, 0.3) is 0 Å². The molecule has 0 aliphatic heterocycles. The molecule has 1 aromatic rings. The Bertz CT molecular complexity index is 447. The summed E-state index contributed by atoms with van der Waals surface area (Å²) in [6.45, 7) is 5.33. The maximum atomic E-state index is 13.4. The van der Waals surface area contributed by atoms with Crippen molar-refractivity contribution in [2.24, 2.45) is 0 Å². The number of rotatable bonds is 2. The van der Waals surface area contributed by atoms with E-state index < -0.39 is 11.6 Å². The molecule has 0 amide bonds. The molecule has 0 heterocycles. The zero-order valence-corrected chi connectivity index (χ0v) is 11.5. The Labute approximate surface area is 109 Å². The molecule has 0 unspecified atom stereocenters. The van der Waals surface area contributed by atoms with Crippen LogP contribution in [-0.2, 0) is 9.53 Å². The summed E-state index contributed by atoms with van der Waals surface area (Å²) in [6, 6.07) is 4.63. The lowest BCUT2D eigenvalue weighted by atomic mass is 10.2. The van der Waals surface area contributed by atoms with Crippen molar-refractivity contribution in [2.75, 3.05) is 0 Å². The van der Waals surface area contributed by atoms with Crippen LogP contribution in [0.15, 0.2) is 28.7 Å². The van der Waals surface area contributed by atoms with Crippen LogP contribution in [0.3, 0.4) is 0 Å². The molecule has 0 fully saturated rings. The summed E-state index contributed by atoms with van der Waals surface area (Å²) < 4.78 is 19.1. The quantitative estimate of drug-likeness (QED) is 0.611. The van der Waals surface area contributed by atoms with Gasteiger partial charge in [0, 0.05) is 16.1 Å². The fourth-order valence-electron chi connectivity index (χ4n) is 1.13. The molecule has 0 spiro atoms. The van der Waals surface area contributed by atoms with Gasteiger partial charge in [-0.2, -0.15) is 0 Å². The highest BCUT2D eigenvalue weighted by Crippen LogP contribution is 2.16. The van der Waals surface area contributed by atoms with Gasteiger partial charge in [0.2, 0.25) is 0 Å². The average molecular weight is 301 g/mol. The minimum atomic E-state index is -0.542. The Kier molecular flexibility index (Phi) is 4.46. The molecule has 17 heavy (non-hydrogen) atoms. The van der Waals surface area contributed by atoms with Gasteiger partial charge in [-0.25, -0.2) is 9.18 Å². The van der Waals surface area contributed by atoms with Crippen LogP contribution in [0.2, 0.25) is 0 Å². The summed E-state index contributed by atoms with van der Waals surface area (Å²) in [7, 11) is 0. The highest BCUT2D eigenvalue weighted by molar-refractivity contribution is 9.10. The molecule has 0 saturated carbocycles. The van der Waals surface area contributed by atoms with Gasteiger partial charge in [0.1, 0.15) is 11.4 Å². The minimum absolute atomic E-state index is 0.346. The fraction of sp³-hybridized carbons (Fsp3) is 0.308. The third kappa shape index (κ3) is 5.13. The van der Waals surface area contributed by atoms with E-state index in [0.717, 1.165) is 0 Å². The van der Waals surface area contributed by atoms with Crippen LogP contribution in [0.1, 0.15) is 26.3 Å². The number of halogens is 2. The van der Waals surface area contributed by atoms with E-state index in [4.69, 9.17) is 4.74 Å². The van der Waals surface area contributed by atoms with Crippen molar-refractivity contribution in [3.8, 4) is 0 Å². The first-order valence-electron chi connectivity index (χ1n) is 5.14. The molecule has 0 aromatic heterocycles. The number of carbonyl (C=O) groups excluding carboxylic acids is 1. The Morgan fingerprint density at radius 1 is 1.41 bits per heavy atom. The van der Waals surface area contributed by atoms with Crippen molar-refractivity contribution in [1.29, 1.82) is 0 Å². The summed E-state index contributed by atoms with van der Waals surface area (Å²) >= 11 is 3.16. The van der Waals surface area contributed by atoms with Gasteiger partial charge in [-0.1, -0.05) is 22.0 Å². The molecule has 0 aliphatic rings. The lowest BCUT2D eigenvalue weighted by Crippen LogP contribution is -2.22. The number of benzene rings is 1. The Hall–Kier alpha value is -1.16. The lowest BCUT2D eigenvalue weighted by molar-refractivity contribution is -0.148. The minimum Gasteiger partial charge on any atom is -0.457 e. The van der Waals surface area contributed by atoms with Gasteiger partial charge in [0.15, 0.2) is 0 Å². The van der Waals surface area contributed by atoms with E-state index in [1.807, 2.05) is 0 Å². The van der Waals surface area contributed by atoms with Crippen molar-refractivity contribution in [2.45, 2.75) is 26.4 Å². The van der Waals surface area contributed by atoms with Gasteiger partial charge in [-0.3, -0.25) is 0 Å². The molecule has 0 radical (unpaired) electrons. The zero-order chi connectivity index (χ0) is 13.1. The van der Waals surface area contributed by atoms with Crippen LogP contribution in [0, 0.1) is 5.82 Å². The Morgan fingerprint density at radius 2 is 2.06 bits per heavy atom. The maximum absolute atomic E-state index is 13.4. The Balaban J connectivity index is 2.74. The van der Waals surface area contributed by atoms with Crippen LogP contribution < -0.4 is 0 Å². The van der Waals surface area contributed by atoms with Crippen molar-refractivity contribution >= 4 is 28.0 Å². The highest BCUT2D eigenvalue weighted by atomic mass is 79.9. The second-order valence-corrected chi connectivity index (χ2v) is 5.45. The normalized spacial score (nSPS) is 11.8. The van der Waals surface area contributed by atoms with E-state index in [0.29, 0.717) is 10.0 Å². The average Bonchev–Trinajstić information content (AvgIpc) is 2.13. The predicted octanol–water partition coefficient (Wildman–Crippen LogP) is 3.94. The molecule has 0 bridgehead atoms. The van der Waals surface area contributed by atoms with Gasteiger partial charge in [0.05, 0.1) is 0 Å². The summed E-state index contributed by atoms with van der Waals surface area (Å²) in [4.78, 5) is 11.4.